The van der Waals surface area contributed by atoms with Gasteiger partial charge < -0.3 is 14.6 Å². The third kappa shape index (κ3) is 4.87. The van der Waals surface area contributed by atoms with Crippen molar-refractivity contribution in [1.82, 2.24) is 0 Å². The summed E-state index contributed by atoms with van der Waals surface area (Å²) < 4.78 is 9.80. The molecule has 0 radical (unpaired) electrons. The monoisotopic (exact) mass is 238 g/mol. The van der Waals surface area contributed by atoms with E-state index in [1.807, 2.05) is 24.3 Å². The molecule has 0 spiro atoms. The van der Waals surface area contributed by atoms with Crippen LogP contribution in [0.15, 0.2) is 24.3 Å². The molecule has 0 aromatic heterocycles. The van der Waals surface area contributed by atoms with E-state index in [-0.39, 0.29) is 12.4 Å². The van der Waals surface area contributed by atoms with Crippen LogP contribution in [0.2, 0.25) is 0 Å². The SMILES string of the molecule is CCOC(=O)C[C@H](O)Cc1ccc(OC)cc1. The zero-order valence-electron chi connectivity index (χ0n) is 10.2. The third-order valence-corrected chi connectivity index (χ3v) is 2.34. The number of aliphatic hydroxyl groups is 1. The van der Waals surface area contributed by atoms with Crippen molar-refractivity contribution in [3.05, 3.63) is 29.8 Å². The van der Waals surface area contributed by atoms with Crippen LogP contribution < -0.4 is 4.74 Å². The van der Waals surface area contributed by atoms with Gasteiger partial charge in [0.2, 0.25) is 0 Å². The highest BCUT2D eigenvalue weighted by Gasteiger charge is 2.12. The van der Waals surface area contributed by atoms with E-state index in [4.69, 9.17) is 9.47 Å². The summed E-state index contributed by atoms with van der Waals surface area (Å²) in [6, 6.07) is 7.39. The van der Waals surface area contributed by atoms with Crippen LogP contribution in [0.4, 0.5) is 0 Å². The maximum absolute atomic E-state index is 11.1. The number of rotatable bonds is 6. The lowest BCUT2D eigenvalue weighted by atomic mass is 10.1. The second-order valence-electron chi connectivity index (χ2n) is 3.72. The summed E-state index contributed by atoms with van der Waals surface area (Å²) in [5.74, 6) is 0.405. The standard InChI is InChI=1S/C13H18O4/c1-3-17-13(15)9-11(14)8-10-4-6-12(16-2)7-5-10/h4-7,11,14H,3,8-9H2,1-2H3/t11-/m1/s1. The first-order valence-corrected chi connectivity index (χ1v) is 5.62. The van der Waals surface area contributed by atoms with Crippen LogP contribution in [-0.2, 0) is 16.0 Å². The number of carbonyl (C=O) groups excluding carboxylic acids is 1. The highest BCUT2D eigenvalue weighted by molar-refractivity contribution is 5.69. The molecule has 4 nitrogen and oxygen atoms in total. The molecule has 0 saturated carbocycles. The van der Waals surface area contributed by atoms with Gasteiger partial charge in [0.1, 0.15) is 5.75 Å². The molecule has 0 unspecified atom stereocenters. The summed E-state index contributed by atoms with van der Waals surface area (Å²) in [5, 5.41) is 9.69. The number of benzene rings is 1. The fourth-order valence-electron chi connectivity index (χ4n) is 1.52. The van der Waals surface area contributed by atoms with E-state index in [1.54, 1.807) is 14.0 Å². The normalized spacial score (nSPS) is 11.9. The van der Waals surface area contributed by atoms with Crippen molar-refractivity contribution >= 4 is 5.97 Å². The van der Waals surface area contributed by atoms with Gasteiger partial charge in [-0.2, -0.15) is 0 Å². The Kier molecular flexibility index (Phi) is 5.49. The average molecular weight is 238 g/mol. The first-order valence-electron chi connectivity index (χ1n) is 5.62. The Hall–Kier alpha value is -1.55. The Morgan fingerprint density at radius 1 is 1.35 bits per heavy atom. The van der Waals surface area contributed by atoms with Crippen LogP contribution in [0.5, 0.6) is 5.75 Å². The first-order chi connectivity index (χ1) is 8.15. The van der Waals surface area contributed by atoms with E-state index >= 15 is 0 Å². The van der Waals surface area contributed by atoms with Crippen molar-refractivity contribution in [2.24, 2.45) is 0 Å². The second-order valence-corrected chi connectivity index (χ2v) is 3.72. The summed E-state index contributed by atoms with van der Waals surface area (Å²) in [5.41, 5.74) is 0.961. The molecule has 4 heteroatoms. The van der Waals surface area contributed by atoms with E-state index in [1.165, 1.54) is 0 Å². The van der Waals surface area contributed by atoms with Crippen molar-refractivity contribution in [2.45, 2.75) is 25.9 Å². The molecule has 17 heavy (non-hydrogen) atoms. The minimum Gasteiger partial charge on any atom is -0.497 e. The van der Waals surface area contributed by atoms with Gasteiger partial charge in [-0.05, 0) is 31.0 Å². The molecule has 0 aliphatic heterocycles. The smallest absolute Gasteiger partial charge is 0.308 e. The maximum Gasteiger partial charge on any atom is 0.308 e. The molecule has 1 N–H and O–H groups in total. The number of hydrogen-bond acceptors (Lipinski definition) is 4. The minimum absolute atomic E-state index is 0.0276. The third-order valence-electron chi connectivity index (χ3n) is 2.34. The quantitative estimate of drug-likeness (QED) is 0.764. The molecular formula is C13H18O4. The molecule has 1 rings (SSSR count). The molecule has 1 aromatic rings. The fraction of sp³-hybridized carbons (Fsp3) is 0.462. The van der Waals surface area contributed by atoms with Gasteiger partial charge in [-0.25, -0.2) is 0 Å². The lowest BCUT2D eigenvalue weighted by Gasteiger charge is -2.10. The van der Waals surface area contributed by atoms with Crippen LogP contribution >= 0.6 is 0 Å². The molecule has 0 fully saturated rings. The molecule has 0 aliphatic rings. The van der Waals surface area contributed by atoms with Crippen molar-refractivity contribution in [3.63, 3.8) is 0 Å². The highest BCUT2D eigenvalue weighted by atomic mass is 16.5. The maximum atomic E-state index is 11.1. The van der Waals surface area contributed by atoms with E-state index in [0.29, 0.717) is 13.0 Å². The summed E-state index contributed by atoms with van der Waals surface area (Å²) in [6.07, 6.45) is -0.245. The van der Waals surface area contributed by atoms with Crippen LogP contribution in [0.3, 0.4) is 0 Å². The topological polar surface area (TPSA) is 55.8 Å². The molecule has 0 aliphatic carbocycles. The van der Waals surface area contributed by atoms with Gasteiger partial charge in [-0.3, -0.25) is 4.79 Å². The van der Waals surface area contributed by atoms with Crippen LogP contribution in [-0.4, -0.2) is 30.9 Å². The van der Waals surface area contributed by atoms with Gasteiger partial charge in [0, 0.05) is 0 Å². The summed E-state index contributed by atoms with van der Waals surface area (Å²) in [4.78, 5) is 11.1. The highest BCUT2D eigenvalue weighted by Crippen LogP contribution is 2.13. The second kappa shape index (κ2) is 6.91. The Morgan fingerprint density at radius 2 is 2.00 bits per heavy atom. The van der Waals surface area contributed by atoms with Crippen LogP contribution in [0.25, 0.3) is 0 Å². The Morgan fingerprint density at radius 3 is 2.53 bits per heavy atom. The number of aliphatic hydroxyl groups excluding tert-OH is 1. The summed E-state index contributed by atoms with van der Waals surface area (Å²) in [7, 11) is 1.60. The van der Waals surface area contributed by atoms with Gasteiger partial charge in [0.25, 0.3) is 0 Å². The predicted molar refractivity (Wildman–Crippen MR) is 64.0 cm³/mol. The van der Waals surface area contributed by atoms with Gasteiger partial charge in [-0.15, -0.1) is 0 Å². The molecule has 94 valence electrons. The van der Waals surface area contributed by atoms with Gasteiger partial charge in [-0.1, -0.05) is 12.1 Å². The molecule has 0 heterocycles. The van der Waals surface area contributed by atoms with Crippen molar-refractivity contribution in [3.8, 4) is 5.75 Å². The summed E-state index contributed by atoms with van der Waals surface area (Å²) >= 11 is 0. The summed E-state index contributed by atoms with van der Waals surface area (Å²) in [6.45, 7) is 2.09. The molecule has 1 atom stereocenters. The van der Waals surface area contributed by atoms with E-state index in [2.05, 4.69) is 0 Å². The van der Waals surface area contributed by atoms with Gasteiger partial charge in [0.15, 0.2) is 0 Å². The predicted octanol–water partition coefficient (Wildman–Crippen LogP) is 1.55. The van der Waals surface area contributed by atoms with Crippen LogP contribution in [0.1, 0.15) is 18.9 Å². The largest absolute Gasteiger partial charge is 0.497 e. The Labute approximate surface area is 101 Å². The molecule has 0 amide bonds. The lowest BCUT2D eigenvalue weighted by molar-refractivity contribution is -0.145. The van der Waals surface area contributed by atoms with E-state index < -0.39 is 6.10 Å². The first kappa shape index (κ1) is 13.5. The minimum atomic E-state index is -0.706. The van der Waals surface area contributed by atoms with Crippen LogP contribution in [0, 0.1) is 0 Å². The fourth-order valence-corrected chi connectivity index (χ4v) is 1.52. The average Bonchev–Trinajstić information content (AvgIpc) is 2.30. The zero-order chi connectivity index (χ0) is 12.7. The molecular weight excluding hydrogens is 220 g/mol. The number of methoxy groups -OCH3 is 1. The Balaban J connectivity index is 2.44. The lowest BCUT2D eigenvalue weighted by Crippen LogP contribution is -2.18. The van der Waals surface area contributed by atoms with Gasteiger partial charge in [0.05, 0.1) is 26.2 Å². The van der Waals surface area contributed by atoms with Crippen molar-refractivity contribution < 1.29 is 19.4 Å². The van der Waals surface area contributed by atoms with Gasteiger partial charge >= 0.3 is 5.97 Å². The Bertz CT molecular complexity index is 345. The number of hydrogen-bond donors (Lipinski definition) is 1. The number of ether oxygens (including phenoxy) is 2. The molecule has 0 bridgehead atoms. The van der Waals surface area contributed by atoms with Crippen molar-refractivity contribution in [1.29, 1.82) is 0 Å². The van der Waals surface area contributed by atoms with Crippen molar-refractivity contribution in [2.75, 3.05) is 13.7 Å². The molecule has 1 aromatic carbocycles. The van der Waals surface area contributed by atoms with E-state index in [0.717, 1.165) is 11.3 Å². The molecule has 0 saturated heterocycles. The zero-order valence-corrected chi connectivity index (χ0v) is 10.2. The van der Waals surface area contributed by atoms with E-state index in [9.17, 15) is 9.90 Å². The number of esters is 1. The number of carbonyl (C=O) groups is 1.